The molecule has 0 saturated carbocycles. The first-order chi connectivity index (χ1) is 17.6. The second-order valence-corrected chi connectivity index (χ2v) is 10.4. The Bertz CT molecular complexity index is 1300. The number of aromatic nitrogens is 1. The third-order valence-corrected chi connectivity index (χ3v) is 7.61. The Balaban J connectivity index is 1.20. The maximum absolute atomic E-state index is 12.9. The summed E-state index contributed by atoms with van der Waals surface area (Å²) in [5.41, 5.74) is 6.53. The summed E-state index contributed by atoms with van der Waals surface area (Å²) >= 11 is 0. The lowest BCUT2D eigenvalue weighted by Gasteiger charge is -2.31. The van der Waals surface area contributed by atoms with Gasteiger partial charge in [-0.15, -0.1) is 0 Å². The maximum atomic E-state index is 12.9. The minimum atomic E-state index is 0.113. The number of hydrogen-bond donors (Lipinski definition) is 1. The highest BCUT2D eigenvalue weighted by Crippen LogP contribution is 2.25. The van der Waals surface area contributed by atoms with Crippen LogP contribution in [0.4, 0.5) is 0 Å². The minimum absolute atomic E-state index is 0.113. The number of rotatable bonds is 8. The van der Waals surface area contributed by atoms with Crippen LogP contribution in [0.3, 0.4) is 0 Å². The SMILES string of the molecule is Cc1cccc(Cn2c(CN3CCC(C(=O)NC[C@H](C)c4ccccc4)CC3)cc3ccccc32)c1. The third kappa shape index (κ3) is 5.71. The second-order valence-electron chi connectivity index (χ2n) is 10.4. The summed E-state index contributed by atoms with van der Waals surface area (Å²) in [6.45, 7) is 8.73. The lowest BCUT2D eigenvalue weighted by Crippen LogP contribution is -2.41. The van der Waals surface area contributed by atoms with Crippen LogP contribution in [0.5, 0.6) is 0 Å². The molecule has 4 heteroatoms. The predicted molar refractivity (Wildman–Crippen MR) is 148 cm³/mol. The van der Waals surface area contributed by atoms with Crippen molar-refractivity contribution in [2.45, 2.75) is 45.7 Å². The van der Waals surface area contributed by atoms with Gasteiger partial charge in [-0.2, -0.15) is 0 Å². The van der Waals surface area contributed by atoms with Gasteiger partial charge in [-0.3, -0.25) is 9.69 Å². The number of amides is 1. The number of likely N-dealkylation sites (tertiary alicyclic amines) is 1. The number of carbonyl (C=O) groups excluding carboxylic acids is 1. The quantitative estimate of drug-likeness (QED) is 0.330. The summed E-state index contributed by atoms with van der Waals surface area (Å²) in [4.78, 5) is 15.4. The van der Waals surface area contributed by atoms with Crippen LogP contribution in [0, 0.1) is 12.8 Å². The molecule has 1 aliphatic rings. The summed E-state index contributed by atoms with van der Waals surface area (Å²) < 4.78 is 2.47. The Morgan fingerprint density at radius 1 is 0.917 bits per heavy atom. The molecule has 186 valence electrons. The van der Waals surface area contributed by atoms with Gasteiger partial charge in [0.1, 0.15) is 0 Å². The zero-order valence-corrected chi connectivity index (χ0v) is 21.5. The molecule has 2 heterocycles. The summed E-state index contributed by atoms with van der Waals surface area (Å²) in [6.07, 6.45) is 1.84. The summed E-state index contributed by atoms with van der Waals surface area (Å²) in [5, 5.41) is 4.51. The first-order valence-electron chi connectivity index (χ1n) is 13.2. The summed E-state index contributed by atoms with van der Waals surface area (Å²) in [6, 6.07) is 30.2. The highest BCUT2D eigenvalue weighted by molar-refractivity contribution is 5.81. The number of fused-ring (bicyclic) bond motifs is 1. The fraction of sp³-hybridized carbons (Fsp3) is 0.344. The van der Waals surface area contributed by atoms with Crippen LogP contribution in [0.1, 0.15) is 48.1 Å². The molecule has 3 aromatic carbocycles. The fourth-order valence-corrected chi connectivity index (χ4v) is 5.46. The van der Waals surface area contributed by atoms with Crippen LogP contribution in [0.15, 0.2) is 84.9 Å². The maximum Gasteiger partial charge on any atom is 0.223 e. The standard InChI is InChI=1S/C32H37N3O/c1-24-9-8-10-26(19-24)22-35-30(20-29-13-6-7-14-31(29)35)23-34-17-15-28(16-18-34)32(36)33-21-25(2)27-11-4-3-5-12-27/h3-14,19-20,25,28H,15-18,21-23H2,1-2H3,(H,33,36)/t25-/m0/s1. The van der Waals surface area contributed by atoms with Gasteiger partial charge in [-0.05, 0) is 67.4 Å². The number of hydrogen-bond acceptors (Lipinski definition) is 2. The smallest absolute Gasteiger partial charge is 0.223 e. The monoisotopic (exact) mass is 479 g/mol. The fourth-order valence-electron chi connectivity index (χ4n) is 5.46. The van der Waals surface area contributed by atoms with Crippen LogP contribution in [0.25, 0.3) is 10.9 Å². The Morgan fingerprint density at radius 2 is 1.67 bits per heavy atom. The predicted octanol–water partition coefficient (Wildman–Crippen LogP) is 6.13. The van der Waals surface area contributed by atoms with Crippen LogP contribution >= 0.6 is 0 Å². The molecule has 0 unspecified atom stereocenters. The molecule has 1 aromatic heterocycles. The molecule has 1 fully saturated rings. The highest BCUT2D eigenvalue weighted by Gasteiger charge is 2.26. The zero-order valence-electron chi connectivity index (χ0n) is 21.5. The number of carbonyl (C=O) groups is 1. The third-order valence-electron chi connectivity index (χ3n) is 7.61. The van der Waals surface area contributed by atoms with E-state index in [9.17, 15) is 4.79 Å². The Kier molecular flexibility index (Phi) is 7.52. The molecule has 1 aliphatic heterocycles. The van der Waals surface area contributed by atoms with Crippen molar-refractivity contribution >= 4 is 16.8 Å². The van der Waals surface area contributed by atoms with Crippen molar-refractivity contribution in [2.75, 3.05) is 19.6 Å². The van der Waals surface area contributed by atoms with Gasteiger partial charge in [-0.1, -0.05) is 85.3 Å². The number of aryl methyl sites for hydroxylation is 1. The molecule has 4 aromatic rings. The van der Waals surface area contributed by atoms with E-state index in [2.05, 4.69) is 107 Å². The highest BCUT2D eigenvalue weighted by atomic mass is 16.1. The van der Waals surface area contributed by atoms with Crippen molar-refractivity contribution in [3.63, 3.8) is 0 Å². The van der Waals surface area contributed by atoms with Crippen LogP contribution in [0.2, 0.25) is 0 Å². The van der Waals surface area contributed by atoms with Gasteiger partial charge in [0.25, 0.3) is 0 Å². The van der Waals surface area contributed by atoms with E-state index in [4.69, 9.17) is 0 Å². The lowest BCUT2D eigenvalue weighted by atomic mass is 9.95. The lowest BCUT2D eigenvalue weighted by molar-refractivity contribution is -0.126. The molecular weight excluding hydrogens is 442 g/mol. The van der Waals surface area contributed by atoms with Crippen molar-refractivity contribution in [1.29, 1.82) is 0 Å². The average molecular weight is 480 g/mol. The minimum Gasteiger partial charge on any atom is -0.355 e. The molecule has 1 N–H and O–H groups in total. The summed E-state index contributed by atoms with van der Waals surface area (Å²) in [5.74, 6) is 0.652. The van der Waals surface area contributed by atoms with Gasteiger partial charge in [0, 0.05) is 36.8 Å². The Hall–Kier alpha value is -3.37. The van der Waals surface area contributed by atoms with E-state index in [1.165, 1.54) is 33.3 Å². The van der Waals surface area contributed by atoms with Crippen LogP contribution in [-0.4, -0.2) is 35.0 Å². The van der Waals surface area contributed by atoms with Gasteiger partial charge in [0.15, 0.2) is 0 Å². The first-order valence-corrected chi connectivity index (χ1v) is 13.2. The molecule has 0 aliphatic carbocycles. The molecule has 1 amide bonds. The number of nitrogens with zero attached hydrogens (tertiary/aromatic N) is 2. The molecule has 0 spiro atoms. The molecular formula is C32H37N3O. The van der Waals surface area contributed by atoms with Gasteiger partial charge in [0.05, 0.1) is 0 Å². The van der Waals surface area contributed by atoms with E-state index in [0.717, 1.165) is 39.0 Å². The van der Waals surface area contributed by atoms with Crippen molar-refractivity contribution in [1.82, 2.24) is 14.8 Å². The van der Waals surface area contributed by atoms with Gasteiger partial charge in [-0.25, -0.2) is 0 Å². The molecule has 36 heavy (non-hydrogen) atoms. The van der Waals surface area contributed by atoms with Crippen LogP contribution < -0.4 is 5.32 Å². The van der Waals surface area contributed by atoms with E-state index in [0.29, 0.717) is 12.5 Å². The van der Waals surface area contributed by atoms with E-state index >= 15 is 0 Å². The molecule has 0 radical (unpaired) electrons. The van der Waals surface area contributed by atoms with E-state index in [1.807, 2.05) is 6.07 Å². The topological polar surface area (TPSA) is 37.3 Å². The first kappa shape index (κ1) is 24.3. The number of para-hydroxylation sites is 1. The van der Waals surface area contributed by atoms with Crippen molar-refractivity contribution in [2.24, 2.45) is 5.92 Å². The van der Waals surface area contributed by atoms with E-state index in [1.54, 1.807) is 0 Å². The molecule has 5 rings (SSSR count). The van der Waals surface area contributed by atoms with Crippen molar-refractivity contribution < 1.29 is 4.79 Å². The number of piperidine rings is 1. The molecule has 1 saturated heterocycles. The average Bonchev–Trinajstić information content (AvgIpc) is 3.24. The zero-order chi connectivity index (χ0) is 24.9. The van der Waals surface area contributed by atoms with E-state index in [-0.39, 0.29) is 11.8 Å². The summed E-state index contributed by atoms with van der Waals surface area (Å²) in [7, 11) is 0. The van der Waals surface area contributed by atoms with Gasteiger partial charge >= 0.3 is 0 Å². The second kappa shape index (κ2) is 11.1. The van der Waals surface area contributed by atoms with Crippen molar-refractivity contribution in [3.8, 4) is 0 Å². The number of nitrogens with one attached hydrogen (secondary N) is 1. The Labute approximate surface area is 214 Å². The molecule has 4 nitrogen and oxygen atoms in total. The largest absolute Gasteiger partial charge is 0.355 e. The van der Waals surface area contributed by atoms with Gasteiger partial charge in [0.2, 0.25) is 5.91 Å². The molecule has 0 bridgehead atoms. The normalized spacial score (nSPS) is 15.7. The van der Waals surface area contributed by atoms with Gasteiger partial charge < -0.3 is 9.88 Å². The van der Waals surface area contributed by atoms with Crippen molar-refractivity contribution in [3.05, 3.63) is 107 Å². The van der Waals surface area contributed by atoms with Crippen LogP contribution in [-0.2, 0) is 17.9 Å². The number of benzene rings is 3. The van der Waals surface area contributed by atoms with E-state index < -0.39 is 0 Å². The Morgan fingerprint density at radius 3 is 2.44 bits per heavy atom. The molecule has 1 atom stereocenters.